The normalized spacial score (nSPS) is 13.6. The van der Waals surface area contributed by atoms with Crippen LogP contribution in [0.2, 0.25) is 0 Å². The number of aryl methyl sites for hydroxylation is 1. The first kappa shape index (κ1) is 16.8. The molecule has 0 N–H and O–H groups in total. The third-order valence-corrected chi connectivity index (χ3v) is 6.08. The summed E-state index contributed by atoms with van der Waals surface area (Å²) in [7, 11) is -4.23. The van der Waals surface area contributed by atoms with E-state index >= 15 is 0 Å². The minimum Gasteiger partial charge on any atom is -0.265 e. The first-order valence-electron chi connectivity index (χ1n) is 7.27. The van der Waals surface area contributed by atoms with Crippen LogP contribution in [-0.4, -0.2) is 24.8 Å². The van der Waals surface area contributed by atoms with E-state index < -0.39 is 25.6 Å². The molecule has 1 aliphatic heterocycles. The van der Waals surface area contributed by atoms with Gasteiger partial charge < -0.3 is 0 Å². The van der Waals surface area contributed by atoms with Crippen molar-refractivity contribution < 1.29 is 18.3 Å². The van der Waals surface area contributed by atoms with Crippen LogP contribution in [0.1, 0.15) is 11.1 Å². The summed E-state index contributed by atoms with van der Waals surface area (Å²) in [5, 5.41) is 22.2. The molecule has 25 heavy (non-hydrogen) atoms. The Morgan fingerprint density at radius 1 is 1.08 bits per heavy atom. The molecular weight excluding hydrogens is 350 g/mol. The first-order valence-corrected chi connectivity index (χ1v) is 8.71. The molecule has 0 fully saturated rings. The highest BCUT2D eigenvalue weighted by molar-refractivity contribution is 7.93. The van der Waals surface area contributed by atoms with E-state index in [4.69, 9.17) is 0 Å². The van der Waals surface area contributed by atoms with Crippen LogP contribution < -0.4 is 4.31 Å². The van der Waals surface area contributed by atoms with Crippen molar-refractivity contribution in [1.82, 2.24) is 0 Å². The van der Waals surface area contributed by atoms with Gasteiger partial charge in [-0.15, -0.1) is 0 Å². The minimum atomic E-state index is -4.23. The van der Waals surface area contributed by atoms with Gasteiger partial charge in [0.05, 0.1) is 15.5 Å². The standard InChI is InChI=1S/C15H13N3O6S/c1-10-3-2-4-13(18(21)22)15(10)25(23,24)16-8-7-11-5-6-12(17(19)20)9-14(11)16/h2-6,9H,7-8H2,1H3. The molecule has 0 radical (unpaired) electrons. The lowest BCUT2D eigenvalue weighted by molar-refractivity contribution is -0.387. The molecule has 2 aromatic rings. The molecule has 0 atom stereocenters. The lowest BCUT2D eigenvalue weighted by Gasteiger charge is -2.20. The van der Waals surface area contributed by atoms with Gasteiger partial charge in [-0.1, -0.05) is 18.2 Å². The van der Waals surface area contributed by atoms with E-state index in [9.17, 15) is 28.6 Å². The lowest BCUT2D eigenvalue weighted by atomic mass is 10.1. The van der Waals surface area contributed by atoms with E-state index in [-0.39, 0.29) is 28.4 Å². The Bertz CT molecular complexity index is 1000. The Morgan fingerprint density at radius 3 is 2.44 bits per heavy atom. The van der Waals surface area contributed by atoms with Crippen molar-refractivity contribution in [3.05, 3.63) is 67.8 Å². The highest BCUT2D eigenvalue weighted by Crippen LogP contribution is 2.38. The fourth-order valence-electron chi connectivity index (χ4n) is 2.93. The molecule has 1 aliphatic rings. The molecule has 2 aromatic carbocycles. The zero-order chi connectivity index (χ0) is 18.4. The average Bonchev–Trinajstić information content (AvgIpc) is 2.97. The molecule has 0 unspecified atom stereocenters. The fraction of sp³-hybridized carbons (Fsp3) is 0.200. The molecule has 0 amide bonds. The third kappa shape index (κ3) is 2.70. The summed E-state index contributed by atoms with van der Waals surface area (Å²) in [6.45, 7) is 1.55. The van der Waals surface area contributed by atoms with Crippen LogP contribution in [0.3, 0.4) is 0 Å². The third-order valence-electron chi connectivity index (χ3n) is 4.07. The second-order valence-electron chi connectivity index (χ2n) is 5.58. The molecule has 130 valence electrons. The van der Waals surface area contributed by atoms with Crippen molar-refractivity contribution in [2.24, 2.45) is 0 Å². The number of sulfonamides is 1. The van der Waals surface area contributed by atoms with Crippen LogP contribution >= 0.6 is 0 Å². The van der Waals surface area contributed by atoms with E-state index in [1.54, 1.807) is 0 Å². The number of non-ortho nitro benzene ring substituents is 1. The Hall–Kier alpha value is -3.01. The number of nitro benzene ring substituents is 2. The molecule has 0 saturated heterocycles. The number of nitrogens with zero attached hydrogens (tertiary/aromatic N) is 3. The van der Waals surface area contributed by atoms with Gasteiger partial charge in [0, 0.05) is 24.7 Å². The summed E-state index contributed by atoms with van der Waals surface area (Å²) in [5.74, 6) is 0. The van der Waals surface area contributed by atoms with E-state index in [1.165, 1.54) is 37.3 Å². The van der Waals surface area contributed by atoms with Crippen LogP contribution in [-0.2, 0) is 16.4 Å². The van der Waals surface area contributed by atoms with E-state index in [1.807, 2.05) is 0 Å². The fourth-order valence-corrected chi connectivity index (χ4v) is 4.79. The quantitative estimate of drug-likeness (QED) is 0.607. The Morgan fingerprint density at radius 2 is 1.80 bits per heavy atom. The summed E-state index contributed by atoms with van der Waals surface area (Å²) in [6.07, 6.45) is 0.381. The zero-order valence-electron chi connectivity index (χ0n) is 13.1. The minimum absolute atomic E-state index is 0.0737. The van der Waals surface area contributed by atoms with Gasteiger partial charge in [0.1, 0.15) is 0 Å². The number of benzene rings is 2. The van der Waals surface area contributed by atoms with Crippen molar-refractivity contribution in [3.8, 4) is 0 Å². The molecule has 10 heteroatoms. The second kappa shape index (κ2) is 5.81. The van der Waals surface area contributed by atoms with Crippen molar-refractivity contribution in [3.63, 3.8) is 0 Å². The number of anilines is 1. The average molecular weight is 363 g/mol. The summed E-state index contributed by atoms with van der Waals surface area (Å²) >= 11 is 0. The van der Waals surface area contributed by atoms with Crippen molar-refractivity contribution in [1.29, 1.82) is 0 Å². The van der Waals surface area contributed by atoms with Crippen LogP contribution in [0.15, 0.2) is 41.3 Å². The Balaban J connectivity index is 2.19. The van der Waals surface area contributed by atoms with E-state index in [2.05, 4.69) is 0 Å². The van der Waals surface area contributed by atoms with Gasteiger partial charge >= 0.3 is 0 Å². The smallest absolute Gasteiger partial charge is 0.265 e. The van der Waals surface area contributed by atoms with Crippen LogP contribution in [0, 0.1) is 27.2 Å². The summed E-state index contributed by atoms with van der Waals surface area (Å²) in [4.78, 5) is 20.5. The maximum absolute atomic E-state index is 13.1. The van der Waals surface area contributed by atoms with Gasteiger partial charge in [0.25, 0.3) is 21.4 Å². The van der Waals surface area contributed by atoms with Crippen LogP contribution in [0.5, 0.6) is 0 Å². The molecule has 0 saturated carbocycles. The van der Waals surface area contributed by atoms with Crippen LogP contribution in [0.4, 0.5) is 17.1 Å². The Kier molecular flexibility index (Phi) is 3.91. The molecule has 0 bridgehead atoms. The van der Waals surface area contributed by atoms with Gasteiger partial charge in [-0.05, 0) is 24.5 Å². The zero-order valence-corrected chi connectivity index (χ0v) is 13.9. The second-order valence-corrected chi connectivity index (χ2v) is 7.38. The largest absolute Gasteiger partial charge is 0.290 e. The lowest BCUT2D eigenvalue weighted by Crippen LogP contribution is -2.30. The maximum Gasteiger partial charge on any atom is 0.290 e. The molecule has 1 heterocycles. The molecular formula is C15H13N3O6S. The number of hydrogen-bond acceptors (Lipinski definition) is 6. The summed E-state index contributed by atoms with van der Waals surface area (Å²) in [5.41, 5.74) is 0.323. The van der Waals surface area contributed by atoms with E-state index in [0.29, 0.717) is 12.0 Å². The molecule has 9 nitrogen and oxygen atoms in total. The van der Waals surface area contributed by atoms with Gasteiger partial charge in [0.2, 0.25) is 0 Å². The Labute approximate surface area is 142 Å². The highest BCUT2D eigenvalue weighted by Gasteiger charge is 2.37. The molecule has 0 aromatic heterocycles. The van der Waals surface area contributed by atoms with Gasteiger partial charge in [-0.2, -0.15) is 0 Å². The number of hydrogen-bond donors (Lipinski definition) is 0. The summed E-state index contributed by atoms with van der Waals surface area (Å²) in [6, 6.07) is 8.02. The molecule has 0 aliphatic carbocycles. The van der Waals surface area contributed by atoms with E-state index in [0.717, 1.165) is 10.4 Å². The van der Waals surface area contributed by atoms with Crippen molar-refractivity contribution in [2.75, 3.05) is 10.8 Å². The first-order chi connectivity index (χ1) is 11.7. The SMILES string of the molecule is Cc1cccc([N+](=O)[O-])c1S(=O)(=O)N1CCc2ccc([N+](=O)[O-])cc21. The van der Waals surface area contributed by atoms with Gasteiger partial charge in [-0.3, -0.25) is 24.5 Å². The monoisotopic (exact) mass is 363 g/mol. The van der Waals surface area contributed by atoms with Gasteiger partial charge in [0.15, 0.2) is 4.90 Å². The van der Waals surface area contributed by atoms with Crippen LogP contribution in [0.25, 0.3) is 0 Å². The maximum atomic E-state index is 13.1. The number of nitro groups is 2. The van der Waals surface area contributed by atoms with Crippen molar-refractivity contribution in [2.45, 2.75) is 18.2 Å². The highest BCUT2D eigenvalue weighted by atomic mass is 32.2. The number of rotatable bonds is 4. The summed E-state index contributed by atoms with van der Waals surface area (Å²) < 4.78 is 27.2. The van der Waals surface area contributed by atoms with Crippen molar-refractivity contribution >= 4 is 27.1 Å². The predicted octanol–water partition coefficient (Wildman–Crippen LogP) is 2.56. The molecule has 0 spiro atoms. The number of fused-ring (bicyclic) bond motifs is 1. The molecule has 3 rings (SSSR count). The topological polar surface area (TPSA) is 124 Å². The predicted molar refractivity (Wildman–Crippen MR) is 89.2 cm³/mol. The van der Waals surface area contributed by atoms with Gasteiger partial charge in [-0.25, -0.2) is 8.42 Å².